The highest BCUT2D eigenvalue weighted by Gasteiger charge is 2.17. The van der Waals surface area contributed by atoms with Crippen LogP contribution in [0.5, 0.6) is 11.5 Å². The number of fused-ring (bicyclic) bond motifs is 1. The zero-order valence-corrected chi connectivity index (χ0v) is 16.1. The first kappa shape index (κ1) is 18.1. The molecule has 0 aliphatic carbocycles. The van der Waals surface area contributed by atoms with E-state index in [0.29, 0.717) is 52.7 Å². The Morgan fingerprint density at radius 3 is 2.70 bits per heavy atom. The van der Waals surface area contributed by atoms with E-state index < -0.39 is 10.8 Å². The predicted molar refractivity (Wildman–Crippen MR) is 105 cm³/mol. The van der Waals surface area contributed by atoms with E-state index in [1.165, 1.54) is 0 Å². The molecule has 0 unspecified atom stereocenters. The van der Waals surface area contributed by atoms with Crippen molar-refractivity contribution in [2.24, 2.45) is 0 Å². The topological polar surface area (TPSA) is 61.6 Å². The van der Waals surface area contributed by atoms with Gasteiger partial charge in [0.05, 0.1) is 29.7 Å². The molecule has 2 heterocycles. The molecule has 0 bridgehead atoms. The van der Waals surface area contributed by atoms with Gasteiger partial charge in [0.15, 0.2) is 17.3 Å². The molecular formula is C20H18ClNO4S. The zero-order valence-electron chi connectivity index (χ0n) is 14.5. The molecule has 0 spiro atoms. The lowest BCUT2D eigenvalue weighted by molar-refractivity contribution is 0.297. The number of aromatic nitrogens is 1. The Balaban J connectivity index is 1.45. The lowest BCUT2D eigenvalue weighted by atomic mass is 10.2. The van der Waals surface area contributed by atoms with Gasteiger partial charge in [-0.05, 0) is 17.7 Å². The average Bonchev–Trinajstić information content (AvgIpc) is 2.98. The van der Waals surface area contributed by atoms with Gasteiger partial charge in [-0.1, -0.05) is 47.1 Å². The van der Waals surface area contributed by atoms with Crippen molar-refractivity contribution in [2.45, 2.75) is 17.9 Å². The summed E-state index contributed by atoms with van der Waals surface area (Å²) in [4.78, 5) is 0. The Morgan fingerprint density at radius 1 is 1.04 bits per heavy atom. The molecule has 1 atom stereocenters. The van der Waals surface area contributed by atoms with E-state index in [1.54, 1.807) is 6.07 Å². The van der Waals surface area contributed by atoms with Crippen LogP contribution in [0.3, 0.4) is 0 Å². The molecule has 2 aromatic carbocycles. The fourth-order valence-electron chi connectivity index (χ4n) is 2.89. The highest BCUT2D eigenvalue weighted by atomic mass is 35.5. The van der Waals surface area contributed by atoms with Crippen molar-refractivity contribution in [3.8, 4) is 22.8 Å². The van der Waals surface area contributed by atoms with Gasteiger partial charge >= 0.3 is 0 Å². The molecule has 7 heteroatoms. The summed E-state index contributed by atoms with van der Waals surface area (Å²) < 4.78 is 29.3. The first-order valence-electron chi connectivity index (χ1n) is 8.63. The quantitative estimate of drug-likeness (QED) is 0.622. The fourth-order valence-corrected chi connectivity index (χ4v) is 4.28. The van der Waals surface area contributed by atoms with E-state index in [0.717, 1.165) is 17.5 Å². The number of nitrogens with zero attached hydrogens (tertiary/aromatic N) is 1. The van der Waals surface area contributed by atoms with Gasteiger partial charge in [-0.3, -0.25) is 4.21 Å². The van der Waals surface area contributed by atoms with Gasteiger partial charge in [-0.25, -0.2) is 0 Å². The molecule has 140 valence electrons. The molecular weight excluding hydrogens is 386 g/mol. The van der Waals surface area contributed by atoms with Crippen molar-refractivity contribution >= 4 is 22.4 Å². The normalized spacial score (nSPS) is 14.6. The van der Waals surface area contributed by atoms with Crippen LogP contribution in [0.4, 0.5) is 0 Å². The summed E-state index contributed by atoms with van der Waals surface area (Å²) in [5.41, 5.74) is 2.44. The van der Waals surface area contributed by atoms with E-state index in [1.807, 2.05) is 42.5 Å². The maximum Gasteiger partial charge on any atom is 0.179 e. The number of halogens is 1. The molecule has 0 N–H and O–H groups in total. The molecule has 3 aromatic rings. The standard InChI is InChI=1S/C20H18ClNO4S/c21-17-9-14(10-19-20(17)25-8-4-7-24-19)12-27(23)13-16-11-18(26-22-16)15-5-2-1-3-6-15/h1-3,5-6,9-11H,4,7-8,12-13H2/t27-/m0/s1. The first-order chi connectivity index (χ1) is 13.2. The molecule has 27 heavy (non-hydrogen) atoms. The van der Waals surface area contributed by atoms with Crippen molar-refractivity contribution in [1.29, 1.82) is 0 Å². The molecule has 4 rings (SSSR count). The maximum absolute atomic E-state index is 12.6. The van der Waals surface area contributed by atoms with E-state index in [9.17, 15) is 4.21 Å². The molecule has 5 nitrogen and oxygen atoms in total. The van der Waals surface area contributed by atoms with Gasteiger partial charge in [-0.15, -0.1) is 0 Å². The van der Waals surface area contributed by atoms with Crippen LogP contribution in [-0.4, -0.2) is 22.6 Å². The van der Waals surface area contributed by atoms with Crippen LogP contribution in [0.1, 0.15) is 17.7 Å². The second-order valence-electron chi connectivity index (χ2n) is 6.23. The molecule has 0 fully saturated rings. The highest BCUT2D eigenvalue weighted by molar-refractivity contribution is 7.83. The minimum atomic E-state index is -1.16. The number of hydrogen-bond donors (Lipinski definition) is 0. The third-order valence-electron chi connectivity index (χ3n) is 4.12. The fraction of sp³-hybridized carbons (Fsp3) is 0.250. The third-order valence-corrected chi connectivity index (χ3v) is 5.67. The second kappa shape index (κ2) is 8.15. The molecule has 0 saturated heterocycles. The summed E-state index contributed by atoms with van der Waals surface area (Å²) in [5.74, 6) is 2.50. The second-order valence-corrected chi connectivity index (χ2v) is 8.10. The molecule has 0 amide bonds. The highest BCUT2D eigenvalue weighted by Crippen LogP contribution is 2.38. The number of benzene rings is 2. The van der Waals surface area contributed by atoms with E-state index in [4.69, 9.17) is 25.6 Å². The Labute approximate surface area is 164 Å². The van der Waals surface area contributed by atoms with Crippen LogP contribution in [0.2, 0.25) is 5.02 Å². The Morgan fingerprint density at radius 2 is 1.85 bits per heavy atom. The summed E-state index contributed by atoms with van der Waals surface area (Å²) in [6, 6.07) is 15.2. The van der Waals surface area contributed by atoms with Gasteiger partial charge in [0.1, 0.15) is 0 Å². The van der Waals surface area contributed by atoms with Crippen LogP contribution in [0.25, 0.3) is 11.3 Å². The lowest BCUT2D eigenvalue weighted by Crippen LogP contribution is -2.01. The Kier molecular flexibility index (Phi) is 5.45. The monoisotopic (exact) mass is 403 g/mol. The van der Waals surface area contributed by atoms with Crippen molar-refractivity contribution < 1.29 is 18.2 Å². The minimum absolute atomic E-state index is 0.308. The van der Waals surface area contributed by atoms with E-state index in [-0.39, 0.29) is 0 Å². The molecule has 0 saturated carbocycles. The molecule has 1 aromatic heterocycles. The average molecular weight is 404 g/mol. The van der Waals surface area contributed by atoms with Gasteiger partial charge in [0.2, 0.25) is 0 Å². The SMILES string of the molecule is O=[S@@](Cc1cc(Cl)c2c(c1)OCCCO2)Cc1cc(-c2ccccc2)on1. The van der Waals surface area contributed by atoms with Crippen molar-refractivity contribution in [1.82, 2.24) is 5.16 Å². The summed E-state index contributed by atoms with van der Waals surface area (Å²) in [6.45, 7) is 1.16. The van der Waals surface area contributed by atoms with Crippen molar-refractivity contribution in [2.75, 3.05) is 13.2 Å². The van der Waals surface area contributed by atoms with Crippen LogP contribution in [0, 0.1) is 0 Å². The molecule has 1 aliphatic heterocycles. The largest absolute Gasteiger partial charge is 0.489 e. The van der Waals surface area contributed by atoms with Crippen LogP contribution < -0.4 is 9.47 Å². The van der Waals surface area contributed by atoms with Crippen LogP contribution in [-0.2, 0) is 22.3 Å². The lowest BCUT2D eigenvalue weighted by Gasteiger charge is -2.11. The smallest absolute Gasteiger partial charge is 0.179 e. The summed E-state index contributed by atoms with van der Waals surface area (Å²) in [6.07, 6.45) is 0.808. The van der Waals surface area contributed by atoms with Crippen LogP contribution >= 0.6 is 11.6 Å². The maximum atomic E-state index is 12.6. The third kappa shape index (κ3) is 4.34. The first-order valence-corrected chi connectivity index (χ1v) is 10.5. The summed E-state index contributed by atoms with van der Waals surface area (Å²) in [5, 5.41) is 4.52. The summed E-state index contributed by atoms with van der Waals surface area (Å²) >= 11 is 6.30. The van der Waals surface area contributed by atoms with E-state index >= 15 is 0 Å². The minimum Gasteiger partial charge on any atom is -0.489 e. The number of rotatable bonds is 5. The van der Waals surface area contributed by atoms with E-state index in [2.05, 4.69) is 5.16 Å². The van der Waals surface area contributed by atoms with Gasteiger partial charge in [-0.2, -0.15) is 0 Å². The Bertz CT molecular complexity index is 958. The molecule has 0 radical (unpaired) electrons. The number of ether oxygens (including phenoxy) is 2. The van der Waals surface area contributed by atoms with Crippen molar-refractivity contribution in [3.05, 3.63) is 64.8 Å². The van der Waals surface area contributed by atoms with Crippen molar-refractivity contribution in [3.63, 3.8) is 0 Å². The van der Waals surface area contributed by atoms with Gasteiger partial charge in [0.25, 0.3) is 0 Å². The molecule has 1 aliphatic rings. The number of hydrogen-bond acceptors (Lipinski definition) is 5. The predicted octanol–water partition coefficient (Wildman–Crippen LogP) is 4.61. The zero-order chi connectivity index (χ0) is 18.6. The van der Waals surface area contributed by atoms with Crippen LogP contribution in [0.15, 0.2) is 53.1 Å². The van der Waals surface area contributed by atoms with Gasteiger partial charge < -0.3 is 14.0 Å². The summed E-state index contributed by atoms with van der Waals surface area (Å²) in [7, 11) is -1.16. The Hall–Kier alpha value is -2.31. The van der Waals surface area contributed by atoms with Gasteiger partial charge in [0, 0.05) is 34.6 Å².